The van der Waals surface area contributed by atoms with Gasteiger partial charge in [-0.3, -0.25) is 15.1 Å². The van der Waals surface area contributed by atoms with Gasteiger partial charge < -0.3 is 9.64 Å². The number of halogens is 4. The van der Waals surface area contributed by atoms with Crippen molar-refractivity contribution in [2.75, 3.05) is 37.4 Å². The molecule has 0 aromatic carbocycles. The van der Waals surface area contributed by atoms with Crippen molar-refractivity contribution >= 4 is 39.8 Å². The molecule has 0 N–H and O–H groups in total. The SMILES string of the molecule is C=C/C=C(F)\C(=C/C)S(=O)(=O)C(CN=C)c1nc(SC)nc(N2CCOC(C(F)(F)F)C2)c1[N+](=O)[O-]. The molecule has 36 heavy (non-hydrogen) atoms. The molecule has 2 heterocycles. The lowest BCUT2D eigenvalue weighted by Crippen LogP contribution is -2.49. The van der Waals surface area contributed by atoms with E-state index in [1.807, 2.05) is 0 Å². The molecule has 0 radical (unpaired) electrons. The fourth-order valence-corrected chi connectivity index (χ4v) is 5.52. The molecule has 1 aromatic rings. The lowest BCUT2D eigenvalue weighted by atomic mass is 10.2. The molecule has 2 rings (SSSR count). The first-order chi connectivity index (χ1) is 16.8. The van der Waals surface area contributed by atoms with Gasteiger partial charge in [-0.2, -0.15) is 18.2 Å². The Morgan fingerprint density at radius 1 is 1.44 bits per heavy atom. The number of rotatable bonds is 10. The molecule has 198 valence electrons. The van der Waals surface area contributed by atoms with E-state index in [2.05, 4.69) is 28.3 Å². The molecule has 1 saturated heterocycles. The summed E-state index contributed by atoms with van der Waals surface area (Å²) in [6, 6.07) is 0. The van der Waals surface area contributed by atoms with Gasteiger partial charge in [-0.15, -0.1) is 0 Å². The second kappa shape index (κ2) is 11.9. The van der Waals surface area contributed by atoms with Gasteiger partial charge in [0.05, 0.1) is 29.5 Å². The Balaban J connectivity index is 2.82. The summed E-state index contributed by atoms with van der Waals surface area (Å²) in [5, 5.41) is 10.1. The number of nitrogens with zero attached hydrogens (tertiary/aromatic N) is 5. The van der Waals surface area contributed by atoms with E-state index in [9.17, 15) is 36.1 Å². The maximum atomic E-state index is 14.6. The summed E-state index contributed by atoms with van der Waals surface area (Å²) in [5.74, 6) is -1.69. The predicted octanol–water partition coefficient (Wildman–Crippen LogP) is 3.97. The smallest absolute Gasteiger partial charge is 0.365 e. The number of aliphatic imine (C=N–C) groups is 1. The van der Waals surface area contributed by atoms with Gasteiger partial charge in [0.1, 0.15) is 16.8 Å². The first-order valence-corrected chi connectivity index (χ1v) is 12.9. The minimum atomic E-state index is -4.75. The predicted molar refractivity (Wildman–Crippen MR) is 128 cm³/mol. The third-order valence-corrected chi connectivity index (χ3v) is 7.72. The van der Waals surface area contributed by atoms with E-state index >= 15 is 0 Å². The molecule has 0 aliphatic carbocycles. The number of hydrogen-bond acceptors (Lipinski definition) is 10. The van der Waals surface area contributed by atoms with Crippen LogP contribution in [0.3, 0.4) is 0 Å². The number of thioether (sulfide) groups is 1. The van der Waals surface area contributed by atoms with Crippen molar-refractivity contribution in [3.8, 4) is 0 Å². The maximum absolute atomic E-state index is 14.6. The zero-order valence-corrected chi connectivity index (χ0v) is 20.9. The molecule has 1 fully saturated rings. The Morgan fingerprint density at radius 3 is 2.61 bits per heavy atom. The minimum absolute atomic E-state index is 0.144. The van der Waals surface area contributed by atoms with E-state index in [0.29, 0.717) is 0 Å². The number of anilines is 1. The highest BCUT2D eigenvalue weighted by molar-refractivity contribution is 7.98. The van der Waals surface area contributed by atoms with Crippen LogP contribution < -0.4 is 4.90 Å². The first-order valence-electron chi connectivity index (χ1n) is 10.2. The Hall–Kier alpha value is -2.85. The van der Waals surface area contributed by atoms with Crippen LogP contribution in [0.4, 0.5) is 29.1 Å². The maximum Gasteiger partial charge on any atom is 0.416 e. The largest absolute Gasteiger partial charge is 0.416 e. The molecule has 1 aliphatic rings. The van der Waals surface area contributed by atoms with Gasteiger partial charge in [0.15, 0.2) is 21.1 Å². The summed E-state index contributed by atoms with van der Waals surface area (Å²) < 4.78 is 86.2. The van der Waals surface area contributed by atoms with Crippen LogP contribution in [-0.4, -0.2) is 74.8 Å². The number of hydrogen-bond donors (Lipinski definition) is 0. The standard InChI is InChI=1S/C20H23F4N5O5S2/c1-5-7-12(21)13(6-2)36(32,33)14(10-25-3)16-17(29(30)31)18(27-19(26-16)35-4)28-8-9-34-15(11-28)20(22,23)24/h5-7,14-15H,1,3,8-11H2,2,4H3/b12-7+,13-6+. The Labute approximate surface area is 208 Å². The molecule has 1 aliphatic heterocycles. The van der Waals surface area contributed by atoms with Crippen molar-refractivity contribution in [1.82, 2.24) is 9.97 Å². The van der Waals surface area contributed by atoms with Crippen LogP contribution >= 0.6 is 11.8 Å². The van der Waals surface area contributed by atoms with Crippen LogP contribution in [0.25, 0.3) is 0 Å². The van der Waals surface area contributed by atoms with Crippen LogP contribution in [0.15, 0.2) is 45.7 Å². The second-order valence-corrected chi connectivity index (χ2v) is 10.1. The lowest BCUT2D eigenvalue weighted by molar-refractivity contribution is -0.385. The third kappa shape index (κ3) is 6.28. The third-order valence-electron chi connectivity index (χ3n) is 5.01. The normalized spacial score (nSPS) is 18.6. The van der Waals surface area contributed by atoms with E-state index in [1.54, 1.807) is 0 Å². The molecular weight excluding hydrogens is 530 g/mol. The van der Waals surface area contributed by atoms with E-state index < -0.39 is 79.9 Å². The number of alkyl halides is 3. The van der Waals surface area contributed by atoms with Crippen molar-refractivity contribution in [2.45, 2.75) is 29.6 Å². The lowest BCUT2D eigenvalue weighted by Gasteiger charge is -2.34. The van der Waals surface area contributed by atoms with E-state index in [-0.39, 0.29) is 11.7 Å². The van der Waals surface area contributed by atoms with Crippen molar-refractivity contribution < 1.29 is 35.6 Å². The van der Waals surface area contributed by atoms with Crippen molar-refractivity contribution in [1.29, 1.82) is 0 Å². The molecule has 0 bridgehead atoms. The average molecular weight is 554 g/mol. The molecular formula is C20H23F4N5O5S2. The number of aromatic nitrogens is 2. The Morgan fingerprint density at radius 2 is 2.11 bits per heavy atom. The second-order valence-electron chi connectivity index (χ2n) is 7.21. The van der Waals surface area contributed by atoms with Crippen molar-refractivity contribution in [2.24, 2.45) is 4.99 Å². The minimum Gasteiger partial charge on any atom is -0.365 e. The van der Waals surface area contributed by atoms with Gasteiger partial charge in [0, 0.05) is 6.54 Å². The van der Waals surface area contributed by atoms with E-state index in [0.717, 1.165) is 34.9 Å². The van der Waals surface area contributed by atoms with Gasteiger partial charge in [0.2, 0.25) is 5.82 Å². The number of sulfone groups is 1. The van der Waals surface area contributed by atoms with Crippen LogP contribution in [0.1, 0.15) is 17.9 Å². The van der Waals surface area contributed by atoms with Gasteiger partial charge in [-0.05, 0) is 26.0 Å². The van der Waals surface area contributed by atoms with Gasteiger partial charge >= 0.3 is 11.9 Å². The highest BCUT2D eigenvalue weighted by atomic mass is 32.2. The number of morpholine rings is 1. The Bertz CT molecular complexity index is 1190. The van der Waals surface area contributed by atoms with Crippen LogP contribution in [0.2, 0.25) is 0 Å². The van der Waals surface area contributed by atoms with Gasteiger partial charge in [-0.25, -0.2) is 17.8 Å². The Kier molecular flexibility index (Phi) is 9.73. The fourth-order valence-electron chi connectivity index (χ4n) is 3.42. The number of allylic oxidation sites excluding steroid dienone is 4. The highest BCUT2D eigenvalue weighted by Gasteiger charge is 2.46. The topological polar surface area (TPSA) is 128 Å². The van der Waals surface area contributed by atoms with Gasteiger partial charge in [0.25, 0.3) is 0 Å². The summed E-state index contributed by atoms with van der Waals surface area (Å²) >= 11 is 0.883. The van der Waals surface area contributed by atoms with Crippen molar-refractivity contribution in [3.05, 3.63) is 51.3 Å². The molecule has 1 aromatic heterocycles. The zero-order valence-electron chi connectivity index (χ0n) is 19.2. The molecule has 0 spiro atoms. The van der Waals surface area contributed by atoms with E-state index in [4.69, 9.17) is 4.74 Å². The summed E-state index contributed by atoms with van der Waals surface area (Å²) in [6.07, 6.45) is -2.74. The van der Waals surface area contributed by atoms with Crippen molar-refractivity contribution in [3.63, 3.8) is 0 Å². The quantitative estimate of drug-likeness (QED) is 0.0804. The van der Waals surface area contributed by atoms with E-state index in [1.165, 1.54) is 13.2 Å². The zero-order chi connectivity index (χ0) is 27.3. The summed E-state index contributed by atoms with van der Waals surface area (Å²) in [4.78, 5) is 23.0. The monoisotopic (exact) mass is 553 g/mol. The van der Waals surface area contributed by atoms with Gasteiger partial charge in [-0.1, -0.05) is 30.5 Å². The average Bonchev–Trinajstić information content (AvgIpc) is 2.81. The summed E-state index contributed by atoms with van der Waals surface area (Å²) in [5.41, 5.74) is -1.58. The van der Waals surface area contributed by atoms with Crippen LogP contribution in [0.5, 0.6) is 0 Å². The summed E-state index contributed by atoms with van der Waals surface area (Å²) in [6.45, 7) is 5.73. The highest BCUT2D eigenvalue weighted by Crippen LogP contribution is 2.41. The molecule has 0 amide bonds. The van der Waals surface area contributed by atoms with Crippen LogP contribution in [-0.2, 0) is 14.6 Å². The molecule has 0 saturated carbocycles. The number of ether oxygens (including phenoxy) is 1. The number of nitro groups is 1. The molecule has 10 nitrogen and oxygen atoms in total. The molecule has 16 heteroatoms. The molecule has 2 atom stereocenters. The van der Waals surface area contributed by atoms with Crippen LogP contribution in [0, 0.1) is 10.1 Å². The first kappa shape index (κ1) is 29.4. The molecule has 2 unspecified atom stereocenters. The summed E-state index contributed by atoms with van der Waals surface area (Å²) in [7, 11) is -4.70. The fraction of sp³-hybridized carbons (Fsp3) is 0.450.